The number of fused-ring (bicyclic) bond motifs is 1. The van der Waals surface area contributed by atoms with Gasteiger partial charge in [-0.25, -0.2) is 0 Å². The molecule has 0 spiro atoms. The Kier molecular flexibility index (Phi) is 5.69. The Morgan fingerprint density at radius 2 is 1.74 bits per heavy atom. The van der Waals surface area contributed by atoms with Gasteiger partial charge >= 0.3 is 0 Å². The van der Waals surface area contributed by atoms with Crippen LogP contribution >= 0.6 is 0 Å². The van der Waals surface area contributed by atoms with Crippen molar-refractivity contribution in [2.75, 3.05) is 13.1 Å². The van der Waals surface area contributed by atoms with Crippen LogP contribution < -0.4 is 5.32 Å². The van der Waals surface area contributed by atoms with E-state index in [1.807, 2.05) is 44.2 Å². The van der Waals surface area contributed by atoms with E-state index in [0.717, 1.165) is 18.4 Å². The Labute approximate surface area is 159 Å². The summed E-state index contributed by atoms with van der Waals surface area (Å²) in [6.07, 6.45) is 1.68. The molecule has 0 saturated heterocycles. The summed E-state index contributed by atoms with van der Waals surface area (Å²) in [7, 11) is 0. The first-order valence-electron chi connectivity index (χ1n) is 9.36. The molecule has 0 radical (unpaired) electrons. The van der Waals surface area contributed by atoms with Crippen molar-refractivity contribution in [1.29, 1.82) is 0 Å². The third kappa shape index (κ3) is 3.92. The zero-order valence-electron chi connectivity index (χ0n) is 15.7. The fourth-order valence-corrected chi connectivity index (χ4v) is 3.20. The molecule has 0 saturated carbocycles. The van der Waals surface area contributed by atoms with Gasteiger partial charge in [-0.05, 0) is 36.1 Å². The fourth-order valence-electron chi connectivity index (χ4n) is 3.20. The second-order valence-corrected chi connectivity index (χ2v) is 6.90. The lowest BCUT2D eigenvalue weighted by Crippen LogP contribution is -2.30. The van der Waals surface area contributed by atoms with E-state index in [1.54, 1.807) is 12.1 Å². The average Bonchev–Trinajstić information content (AvgIpc) is 2.94. The van der Waals surface area contributed by atoms with E-state index in [1.165, 1.54) is 11.0 Å². The number of benzene rings is 2. The number of carbonyl (C=O) groups is 3. The maximum absolute atomic E-state index is 12.5. The Morgan fingerprint density at radius 1 is 1.04 bits per heavy atom. The Bertz CT molecular complexity index is 861. The highest BCUT2D eigenvalue weighted by Crippen LogP contribution is 2.24. The van der Waals surface area contributed by atoms with Crippen LogP contribution in [-0.4, -0.2) is 35.7 Å². The van der Waals surface area contributed by atoms with E-state index < -0.39 is 0 Å². The van der Waals surface area contributed by atoms with Crippen LogP contribution in [0.5, 0.6) is 0 Å². The first kappa shape index (κ1) is 18.8. The summed E-state index contributed by atoms with van der Waals surface area (Å²) in [6.45, 7) is 4.97. The van der Waals surface area contributed by atoms with Gasteiger partial charge in [-0.3, -0.25) is 19.3 Å². The van der Waals surface area contributed by atoms with Crippen LogP contribution in [0.15, 0.2) is 48.5 Å². The zero-order chi connectivity index (χ0) is 19.4. The predicted molar refractivity (Wildman–Crippen MR) is 104 cm³/mol. The molecule has 3 amide bonds. The van der Waals surface area contributed by atoms with Crippen LogP contribution in [0.2, 0.25) is 0 Å². The predicted octanol–water partition coefficient (Wildman–Crippen LogP) is 3.62. The second kappa shape index (κ2) is 8.16. The van der Waals surface area contributed by atoms with E-state index in [2.05, 4.69) is 5.32 Å². The van der Waals surface area contributed by atoms with E-state index >= 15 is 0 Å². The minimum atomic E-state index is -0.309. The second-order valence-electron chi connectivity index (χ2n) is 6.90. The largest absolute Gasteiger partial charge is 0.351 e. The third-order valence-electron chi connectivity index (χ3n) is 4.91. The zero-order valence-corrected chi connectivity index (χ0v) is 15.7. The molecule has 0 aliphatic carbocycles. The topological polar surface area (TPSA) is 66.5 Å². The van der Waals surface area contributed by atoms with Crippen LogP contribution in [0.1, 0.15) is 69.2 Å². The van der Waals surface area contributed by atoms with Crippen LogP contribution in [0.3, 0.4) is 0 Å². The highest BCUT2D eigenvalue weighted by molar-refractivity contribution is 6.22. The summed E-state index contributed by atoms with van der Waals surface area (Å²) >= 11 is 0. The van der Waals surface area contributed by atoms with Crippen molar-refractivity contribution in [2.45, 2.75) is 32.6 Å². The van der Waals surface area contributed by atoms with Crippen molar-refractivity contribution in [3.05, 3.63) is 70.8 Å². The lowest BCUT2D eigenvalue weighted by molar-refractivity contribution is 0.0652. The lowest BCUT2D eigenvalue weighted by atomic mass is 10.0. The first-order chi connectivity index (χ1) is 13.0. The van der Waals surface area contributed by atoms with Gasteiger partial charge in [0.25, 0.3) is 17.7 Å². The van der Waals surface area contributed by atoms with Crippen molar-refractivity contribution in [3.8, 4) is 0 Å². The van der Waals surface area contributed by atoms with E-state index in [0.29, 0.717) is 29.8 Å². The molecule has 2 aromatic carbocycles. The minimum absolute atomic E-state index is 0.178. The number of hydrogen-bond acceptors (Lipinski definition) is 3. The molecule has 0 aromatic heterocycles. The quantitative estimate of drug-likeness (QED) is 0.763. The smallest absolute Gasteiger partial charge is 0.261 e. The molecule has 5 heteroatoms. The number of amides is 3. The molecule has 0 fully saturated rings. The van der Waals surface area contributed by atoms with Crippen molar-refractivity contribution < 1.29 is 14.4 Å². The Balaban J connectivity index is 1.69. The van der Waals surface area contributed by atoms with E-state index in [-0.39, 0.29) is 23.6 Å². The Hall–Kier alpha value is -2.95. The molecule has 1 atom stereocenters. The lowest BCUT2D eigenvalue weighted by Gasteiger charge is -2.13. The molecule has 0 bridgehead atoms. The number of imide groups is 1. The number of nitrogens with zero attached hydrogens (tertiary/aromatic N) is 1. The number of unbranched alkanes of at least 4 members (excludes halogenated alkanes) is 1. The average molecular weight is 364 g/mol. The van der Waals surface area contributed by atoms with Crippen LogP contribution in [0.25, 0.3) is 0 Å². The molecular formula is C22H24N2O3. The van der Waals surface area contributed by atoms with Crippen molar-refractivity contribution in [2.24, 2.45) is 0 Å². The Morgan fingerprint density at radius 3 is 2.44 bits per heavy atom. The van der Waals surface area contributed by atoms with E-state index in [9.17, 15) is 14.4 Å². The van der Waals surface area contributed by atoms with Crippen LogP contribution in [0, 0.1) is 0 Å². The van der Waals surface area contributed by atoms with Gasteiger partial charge in [0.2, 0.25) is 0 Å². The van der Waals surface area contributed by atoms with Gasteiger partial charge in [-0.1, -0.05) is 50.6 Å². The van der Waals surface area contributed by atoms with Crippen molar-refractivity contribution >= 4 is 17.7 Å². The van der Waals surface area contributed by atoms with Crippen LogP contribution in [0.4, 0.5) is 0 Å². The normalized spacial score (nSPS) is 14.2. The monoisotopic (exact) mass is 364 g/mol. The summed E-state index contributed by atoms with van der Waals surface area (Å²) in [5.41, 5.74) is 2.25. The van der Waals surface area contributed by atoms with Gasteiger partial charge < -0.3 is 5.32 Å². The first-order valence-corrected chi connectivity index (χ1v) is 9.36. The molecule has 5 nitrogen and oxygen atoms in total. The SMILES string of the molecule is CCCCN1C(=O)c2ccc(C(=O)NCC(C)c3ccccc3)cc2C1=O. The molecule has 1 aliphatic heterocycles. The number of hydrogen-bond donors (Lipinski definition) is 1. The van der Waals surface area contributed by atoms with Crippen LogP contribution in [-0.2, 0) is 0 Å². The summed E-state index contributed by atoms with van der Waals surface area (Å²) in [4.78, 5) is 38.7. The number of nitrogens with one attached hydrogen (secondary N) is 1. The molecule has 1 N–H and O–H groups in total. The van der Waals surface area contributed by atoms with Gasteiger partial charge in [0.05, 0.1) is 11.1 Å². The highest BCUT2D eigenvalue weighted by Gasteiger charge is 2.35. The minimum Gasteiger partial charge on any atom is -0.351 e. The third-order valence-corrected chi connectivity index (χ3v) is 4.91. The maximum Gasteiger partial charge on any atom is 0.261 e. The van der Waals surface area contributed by atoms with Gasteiger partial charge in [-0.15, -0.1) is 0 Å². The molecule has 1 unspecified atom stereocenters. The molecular weight excluding hydrogens is 340 g/mol. The molecule has 1 heterocycles. The summed E-state index contributed by atoms with van der Waals surface area (Å²) < 4.78 is 0. The highest BCUT2D eigenvalue weighted by atomic mass is 16.2. The maximum atomic E-state index is 12.5. The summed E-state index contributed by atoms with van der Waals surface area (Å²) in [5.74, 6) is -0.644. The van der Waals surface area contributed by atoms with Crippen molar-refractivity contribution in [1.82, 2.24) is 10.2 Å². The standard InChI is InChI=1S/C22H24N2O3/c1-3-4-12-24-21(26)18-11-10-17(13-19(18)22(24)27)20(25)23-14-15(2)16-8-6-5-7-9-16/h5-11,13,15H,3-4,12,14H2,1-2H3,(H,23,25). The fraction of sp³-hybridized carbons (Fsp3) is 0.318. The van der Waals surface area contributed by atoms with Gasteiger partial charge in [0.1, 0.15) is 0 Å². The number of rotatable bonds is 7. The summed E-state index contributed by atoms with van der Waals surface area (Å²) in [5, 5.41) is 2.91. The van der Waals surface area contributed by atoms with Gasteiger partial charge in [-0.2, -0.15) is 0 Å². The van der Waals surface area contributed by atoms with E-state index in [4.69, 9.17) is 0 Å². The molecule has 27 heavy (non-hydrogen) atoms. The summed E-state index contributed by atoms with van der Waals surface area (Å²) in [6, 6.07) is 14.7. The molecule has 3 rings (SSSR count). The van der Waals surface area contributed by atoms with Gasteiger partial charge in [0.15, 0.2) is 0 Å². The number of carbonyl (C=O) groups excluding carboxylic acids is 3. The molecule has 1 aliphatic rings. The molecule has 2 aromatic rings. The molecule has 140 valence electrons. The van der Waals surface area contributed by atoms with Gasteiger partial charge in [0, 0.05) is 18.7 Å². The van der Waals surface area contributed by atoms with Crippen molar-refractivity contribution in [3.63, 3.8) is 0 Å².